The van der Waals surface area contributed by atoms with Crippen molar-refractivity contribution in [3.63, 3.8) is 0 Å². The lowest BCUT2D eigenvalue weighted by Gasteiger charge is -2.27. The summed E-state index contributed by atoms with van der Waals surface area (Å²) in [6.45, 7) is -0.693. The van der Waals surface area contributed by atoms with Crippen LogP contribution < -0.4 is 9.64 Å². The van der Waals surface area contributed by atoms with Crippen LogP contribution in [-0.2, 0) is 6.42 Å². The molecule has 0 atom stereocenters. The lowest BCUT2D eigenvalue weighted by molar-refractivity contribution is -0.0498. The average Bonchev–Trinajstić information content (AvgIpc) is 3.08. The number of benzene rings is 2. The highest BCUT2D eigenvalue weighted by Gasteiger charge is 2.23. The van der Waals surface area contributed by atoms with Crippen molar-refractivity contribution < 1.29 is 17.9 Å². The van der Waals surface area contributed by atoms with Crippen molar-refractivity contribution in [2.45, 2.75) is 20.0 Å². The summed E-state index contributed by atoms with van der Waals surface area (Å²) in [6, 6.07) is 10.9. The Morgan fingerprint density at radius 2 is 1.93 bits per heavy atom. The van der Waals surface area contributed by atoms with Gasteiger partial charge in [-0.1, -0.05) is 13.0 Å². The van der Waals surface area contributed by atoms with Crippen molar-refractivity contribution >= 4 is 29.0 Å². The minimum Gasteiger partial charge on any atom is -0.435 e. The van der Waals surface area contributed by atoms with Crippen LogP contribution in [0.4, 0.5) is 18.9 Å². The molecule has 0 saturated heterocycles. The van der Waals surface area contributed by atoms with E-state index in [2.05, 4.69) is 19.7 Å². The molecule has 1 aromatic heterocycles. The van der Waals surface area contributed by atoms with Crippen molar-refractivity contribution in [1.29, 1.82) is 0 Å². The molecule has 6 nitrogen and oxygen atoms in total. The summed E-state index contributed by atoms with van der Waals surface area (Å²) in [5.74, 6) is 0.803. The molecule has 2 aromatic carbocycles. The number of hydrogen-bond donors (Lipinski definition) is 0. The van der Waals surface area contributed by atoms with Crippen LogP contribution in [0.25, 0.3) is 11.0 Å². The number of hydrogen-bond acceptors (Lipinski definition) is 5. The van der Waals surface area contributed by atoms with Gasteiger partial charge in [-0.05, 0) is 36.4 Å². The number of para-hydroxylation sites is 1. The second-order valence-corrected chi connectivity index (χ2v) is 5.99. The maximum Gasteiger partial charge on any atom is 0.387 e. The van der Waals surface area contributed by atoms with Gasteiger partial charge in [0.25, 0.3) is 0 Å². The van der Waals surface area contributed by atoms with Gasteiger partial charge in [0, 0.05) is 12.1 Å². The molecule has 0 spiro atoms. The number of nitrogens with zero attached hydrogens (tertiary/aromatic N) is 5. The Kier molecular flexibility index (Phi) is 4.72. The quantitative estimate of drug-likeness (QED) is 0.679. The molecular formula is C19H16F3N5O. The SMILES string of the molecule is CCc1nc2c(F)cccc2n1C1=NC=NCN1c1ccc(OC(F)F)cc1. The predicted molar refractivity (Wildman–Crippen MR) is 101 cm³/mol. The van der Waals surface area contributed by atoms with Crippen LogP contribution in [0.5, 0.6) is 5.75 Å². The Labute approximate surface area is 158 Å². The maximum absolute atomic E-state index is 14.2. The lowest BCUT2D eigenvalue weighted by atomic mass is 10.2. The number of anilines is 1. The number of alkyl halides is 2. The fourth-order valence-electron chi connectivity index (χ4n) is 3.10. The smallest absolute Gasteiger partial charge is 0.387 e. The minimum atomic E-state index is -2.89. The van der Waals surface area contributed by atoms with Crippen LogP contribution in [0.1, 0.15) is 12.7 Å². The van der Waals surface area contributed by atoms with Gasteiger partial charge in [0.1, 0.15) is 30.1 Å². The number of aryl methyl sites for hydroxylation is 1. The van der Waals surface area contributed by atoms with Gasteiger partial charge in [0.05, 0.1) is 5.52 Å². The van der Waals surface area contributed by atoms with E-state index in [1.54, 1.807) is 33.7 Å². The maximum atomic E-state index is 14.2. The zero-order chi connectivity index (χ0) is 19.7. The number of fused-ring (bicyclic) bond motifs is 1. The van der Waals surface area contributed by atoms with Crippen molar-refractivity contribution in [2.75, 3.05) is 11.6 Å². The highest BCUT2D eigenvalue weighted by Crippen LogP contribution is 2.26. The fourth-order valence-corrected chi connectivity index (χ4v) is 3.10. The second kappa shape index (κ2) is 7.34. The Bertz CT molecular complexity index is 1060. The van der Waals surface area contributed by atoms with Gasteiger partial charge in [-0.25, -0.2) is 14.4 Å². The van der Waals surface area contributed by atoms with E-state index >= 15 is 0 Å². The van der Waals surface area contributed by atoms with Gasteiger partial charge in [0.2, 0.25) is 5.96 Å². The third-order valence-corrected chi connectivity index (χ3v) is 4.31. The summed E-state index contributed by atoms with van der Waals surface area (Å²) in [5.41, 5.74) is 1.54. The monoisotopic (exact) mass is 387 g/mol. The average molecular weight is 387 g/mol. The van der Waals surface area contributed by atoms with Crippen molar-refractivity contribution in [1.82, 2.24) is 9.55 Å². The first-order valence-electron chi connectivity index (χ1n) is 8.63. The van der Waals surface area contributed by atoms with Crippen LogP contribution in [0.3, 0.4) is 0 Å². The lowest BCUT2D eigenvalue weighted by Crippen LogP contribution is -2.39. The van der Waals surface area contributed by atoms with E-state index < -0.39 is 12.4 Å². The molecule has 4 rings (SSSR count). The number of aromatic nitrogens is 2. The van der Waals surface area contributed by atoms with Crippen molar-refractivity contribution in [3.8, 4) is 5.75 Å². The molecule has 0 unspecified atom stereocenters. The van der Waals surface area contributed by atoms with Crippen molar-refractivity contribution in [3.05, 3.63) is 54.1 Å². The first-order valence-corrected chi connectivity index (χ1v) is 8.63. The van der Waals surface area contributed by atoms with Crippen LogP contribution in [0.2, 0.25) is 0 Å². The van der Waals surface area contributed by atoms with E-state index in [0.29, 0.717) is 29.4 Å². The number of halogens is 3. The molecule has 0 amide bonds. The highest BCUT2D eigenvalue weighted by molar-refractivity contribution is 6.06. The number of ether oxygens (including phenoxy) is 1. The predicted octanol–water partition coefficient (Wildman–Crippen LogP) is 4.05. The fraction of sp³-hybridized carbons (Fsp3) is 0.211. The molecule has 0 bridgehead atoms. The zero-order valence-electron chi connectivity index (χ0n) is 14.9. The Balaban J connectivity index is 1.78. The molecule has 28 heavy (non-hydrogen) atoms. The highest BCUT2D eigenvalue weighted by atomic mass is 19.3. The topological polar surface area (TPSA) is 55.0 Å². The number of imidazole rings is 1. The molecule has 2 heterocycles. The Morgan fingerprint density at radius 1 is 1.14 bits per heavy atom. The Morgan fingerprint density at radius 3 is 2.64 bits per heavy atom. The van der Waals surface area contributed by atoms with E-state index in [1.807, 2.05) is 6.92 Å². The first kappa shape index (κ1) is 18.0. The largest absolute Gasteiger partial charge is 0.435 e. The van der Waals surface area contributed by atoms with E-state index in [-0.39, 0.29) is 17.9 Å². The molecule has 0 saturated carbocycles. The summed E-state index contributed by atoms with van der Waals surface area (Å²) in [5, 5.41) is 0. The van der Waals surface area contributed by atoms with Crippen LogP contribution in [0, 0.1) is 5.82 Å². The molecule has 0 aliphatic carbocycles. The first-order chi connectivity index (χ1) is 13.6. The molecule has 9 heteroatoms. The standard InChI is InChI=1S/C19H16F3N5O/c1-2-16-25-17-14(20)4-3-5-15(17)27(16)19-24-10-23-11-26(19)12-6-8-13(9-7-12)28-18(21)22/h3-10,18H,2,11H2,1H3. The minimum absolute atomic E-state index is 0.0575. The Hall–Kier alpha value is -3.36. The van der Waals surface area contributed by atoms with E-state index in [0.717, 1.165) is 0 Å². The summed E-state index contributed by atoms with van der Waals surface area (Å²) in [7, 11) is 0. The van der Waals surface area contributed by atoms with Gasteiger partial charge in [-0.3, -0.25) is 14.5 Å². The summed E-state index contributed by atoms with van der Waals surface area (Å²) >= 11 is 0. The summed E-state index contributed by atoms with van der Waals surface area (Å²) < 4.78 is 45.2. The molecule has 144 valence electrons. The molecule has 1 aliphatic heterocycles. The molecule has 0 N–H and O–H groups in total. The summed E-state index contributed by atoms with van der Waals surface area (Å²) in [6.07, 6.45) is 2.00. The van der Waals surface area contributed by atoms with Crippen LogP contribution >= 0.6 is 0 Å². The molecular weight excluding hydrogens is 371 g/mol. The summed E-state index contributed by atoms with van der Waals surface area (Å²) in [4.78, 5) is 14.8. The van der Waals surface area contributed by atoms with Crippen LogP contribution in [0.15, 0.2) is 52.4 Å². The van der Waals surface area contributed by atoms with Gasteiger partial charge >= 0.3 is 6.61 Å². The van der Waals surface area contributed by atoms with E-state index in [9.17, 15) is 13.2 Å². The van der Waals surface area contributed by atoms with E-state index in [4.69, 9.17) is 0 Å². The molecule has 1 aliphatic rings. The number of rotatable bonds is 4. The third-order valence-electron chi connectivity index (χ3n) is 4.31. The van der Waals surface area contributed by atoms with Gasteiger partial charge in [-0.15, -0.1) is 0 Å². The normalized spacial score (nSPS) is 14.0. The van der Waals surface area contributed by atoms with Crippen molar-refractivity contribution in [2.24, 2.45) is 9.98 Å². The van der Waals surface area contributed by atoms with Crippen LogP contribution in [-0.4, -0.2) is 35.1 Å². The molecule has 3 aromatic rings. The molecule has 0 radical (unpaired) electrons. The van der Waals surface area contributed by atoms with Gasteiger partial charge in [0.15, 0.2) is 5.82 Å². The molecule has 0 fully saturated rings. The van der Waals surface area contributed by atoms with Gasteiger partial charge in [-0.2, -0.15) is 8.78 Å². The second-order valence-electron chi connectivity index (χ2n) is 5.99. The van der Waals surface area contributed by atoms with E-state index in [1.165, 1.54) is 24.5 Å². The number of aliphatic imine (C=N–C) groups is 2. The van der Waals surface area contributed by atoms with Gasteiger partial charge < -0.3 is 4.74 Å². The zero-order valence-corrected chi connectivity index (χ0v) is 14.9. The third kappa shape index (κ3) is 3.19.